The third-order valence-corrected chi connectivity index (χ3v) is 3.74. The third-order valence-electron chi connectivity index (χ3n) is 3.04. The molecule has 0 heterocycles. The summed E-state index contributed by atoms with van der Waals surface area (Å²) >= 11 is 1.89. The Morgan fingerprint density at radius 1 is 1.36 bits per heavy atom. The van der Waals surface area contributed by atoms with Gasteiger partial charge in [0.1, 0.15) is 5.60 Å². The van der Waals surface area contributed by atoms with Gasteiger partial charge in [-0.3, -0.25) is 4.79 Å². The molecular formula is C11H20O2S. The maximum atomic E-state index is 10.4. The molecule has 1 aliphatic rings. The minimum Gasteiger partial charge on any atom is -0.461 e. The van der Waals surface area contributed by atoms with Crippen LogP contribution >= 0.6 is 11.8 Å². The first-order valence-electron chi connectivity index (χ1n) is 5.43. The van der Waals surface area contributed by atoms with Gasteiger partial charge >= 0.3 is 0 Å². The minimum absolute atomic E-state index is 0.0832. The maximum absolute atomic E-state index is 10.4. The Balaban J connectivity index is 2.24. The van der Waals surface area contributed by atoms with Gasteiger partial charge in [-0.25, -0.2) is 0 Å². The second-order valence-corrected chi connectivity index (χ2v) is 5.04. The molecule has 0 aromatic rings. The van der Waals surface area contributed by atoms with Crippen molar-refractivity contribution in [1.82, 2.24) is 0 Å². The van der Waals surface area contributed by atoms with Crippen LogP contribution in [0.25, 0.3) is 0 Å². The standard InChI is InChI=1S/C11H20O2S/c1-14-9-5-4-8-11(13-10-12)6-2-3-7-11/h10H,2-9H2,1H3. The Bertz CT molecular complexity index is 165. The van der Waals surface area contributed by atoms with E-state index in [1.54, 1.807) is 0 Å². The van der Waals surface area contributed by atoms with Gasteiger partial charge in [0.2, 0.25) is 0 Å². The van der Waals surface area contributed by atoms with Crippen LogP contribution in [0.5, 0.6) is 0 Å². The van der Waals surface area contributed by atoms with E-state index in [0.717, 1.165) is 19.3 Å². The van der Waals surface area contributed by atoms with Gasteiger partial charge in [0, 0.05) is 0 Å². The van der Waals surface area contributed by atoms with Crippen LogP contribution in [0.3, 0.4) is 0 Å². The van der Waals surface area contributed by atoms with E-state index in [0.29, 0.717) is 6.47 Å². The quantitative estimate of drug-likeness (QED) is 0.483. The van der Waals surface area contributed by atoms with Crippen molar-refractivity contribution in [3.63, 3.8) is 0 Å². The Morgan fingerprint density at radius 3 is 2.64 bits per heavy atom. The summed E-state index contributed by atoms with van der Waals surface area (Å²) in [4.78, 5) is 10.4. The molecule has 0 saturated heterocycles. The molecule has 82 valence electrons. The second-order valence-electron chi connectivity index (χ2n) is 4.05. The zero-order chi connectivity index (χ0) is 10.3. The summed E-state index contributed by atoms with van der Waals surface area (Å²) in [6.07, 6.45) is 10.2. The van der Waals surface area contributed by atoms with E-state index in [1.807, 2.05) is 11.8 Å². The van der Waals surface area contributed by atoms with Crippen LogP contribution in [0.1, 0.15) is 44.9 Å². The van der Waals surface area contributed by atoms with E-state index >= 15 is 0 Å². The first-order chi connectivity index (χ1) is 6.83. The van der Waals surface area contributed by atoms with E-state index in [1.165, 1.54) is 31.4 Å². The van der Waals surface area contributed by atoms with E-state index in [4.69, 9.17) is 4.74 Å². The van der Waals surface area contributed by atoms with Crippen LogP contribution in [-0.2, 0) is 9.53 Å². The number of unbranched alkanes of at least 4 members (excludes halogenated alkanes) is 1. The van der Waals surface area contributed by atoms with Gasteiger partial charge in [0.05, 0.1) is 0 Å². The van der Waals surface area contributed by atoms with Crippen LogP contribution in [0, 0.1) is 0 Å². The SMILES string of the molecule is CSCCCCC1(OC=O)CCCC1. The predicted octanol–water partition coefficient (Wildman–Crippen LogP) is 3.01. The smallest absolute Gasteiger partial charge is 0.293 e. The van der Waals surface area contributed by atoms with Crippen molar-refractivity contribution in [1.29, 1.82) is 0 Å². The highest BCUT2D eigenvalue weighted by Gasteiger charge is 2.34. The molecule has 0 aromatic heterocycles. The van der Waals surface area contributed by atoms with Crippen molar-refractivity contribution in [3.05, 3.63) is 0 Å². The largest absolute Gasteiger partial charge is 0.461 e. The number of hydrogen-bond acceptors (Lipinski definition) is 3. The summed E-state index contributed by atoms with van der Waals surface area (Å²) in [6.45, 7) is 0.639. The fraction of sp³-hybridized carbons (Fsp3) is 0.909. The molecule has 2 nitrogen and oxygen atoms in total. The molecule has 1 fully saturated rings. The van der Waals surface area contributed by atoms with E-state index < -0.39 is 0 Å². The predicted molar refractivity (Wildman–Crippen MR) is 60.6 cm³/mol. The highest BCUT2D eigenvalue weighted by atomic mass is 32.2. The van der Waals surface area contributed by atoms with E-state index in [2.05, 4.69) is 6.26 Å². The Kier molecular flexibility index (Phi) is 5.38. The lowest BCUT2D eigenvalue weighted by molar-refractivity contribution is -0.143. The lowest BCUT2D eigenvalue weighted by atomic mass is 9.95. The number of rotatable bonds is 7. The molecule has 3 heteroatoms. The van der Waals surface area contributed by atoms with Crippen LogP contribution in [0.2, 0.25) is 0 Å². The average molecular weight is 216 g/mol. The monoisotopic (exact) mass is 216 g/mol. The van der Waals surface area contributed by atoms with Crippen molar-refractivity contribution in [2.24, 2.45) is 0 Å². The number of hydrogen-bond donors (Lipinski definition) is 0. The number of ether oxygens (including phenoxy) is 1. The zero-order valence-corrected chi connectivity index (χ0v) is 9.78. The molecule has 1 saturated carbocycles. The fourth-order valence-electron chi connectivity index (χ4n) is 2.24. The molecule has 0 radical (unpaired) electrons. The van der Waals surface area contributed by atoms with E-state index in [9.17, 15) is 4.79 Å². The summed E-state index contributed by atoms with van der Waals surface area (Å²) < 4.78 is 5.28. The molecule has 0 unspecified atom stereocenters. The van der Waals surface area contributed by atoms with Gasteiger partial charge in [-0.15, -0.1) is 0 Å². The first kappa shape index (κ1) is 11.9. The zero-order valence-electron chi connectivity index (χ0n) is 8.96. The molecule has 0 atom stereocenters. The topological polar surface area (TPSA) is 26.3 Å². The van der Waals surface area contributed by atoms with Gasteiger partial charge in [-0.2, -0.15) is 11.8 Å². The summed E-state index contributed by atoms with van der Waals surface area (Å²) in [5.74, 6) is 1.22. The van der Waals surface area contributed by atoms with Gasteiger partial charge < -0.3 is 4.74 Å². The number of thioether (sulfide) groups is 1. The van der Waals surface area contributed by atoms with Gasteiger partial charge in [0.25, 0.3) is 6.47 Å². The van der Waals surface area contributed by atoms with Crippen molar-refractivity contribution in [2.45, 2.75) is 50.5 Å². The second kappa shape index (κ2) is 6.33. The minimum atomic E-state index is -0.0832. The molecule has 0 bridgehead atoms. The van der Waals surface area contributed by atoms with Crippen LogP contribution in [0.4, 0.5) is 0 Å². The maximum Gasteiger partial charge on any atom is 0.293 e. The van der Waals surface area contributed by atoms with E-state index in [-0.39, 0.29) is 5.60 Å². The van der Waals surface area contributed by atoms with Crippen LogP contribution in [-0.4, -0.2) is 24.1 Å². The number of carbonyl (C=O) groups excluding carboxylic acids is 1. The summed E-state index contributed by atoms with van der Waals surface area (Å²) in [6, 6.07) is 0. The van der Waals surface area contributed by atoms with Gasteiger partial charge in [-0.05, 0) is 57.0 Å². The first-order valence-corrected chi connectivity index (χ1v) is 6.83. The van der Waals surface area contributed by atoms with Crippen LogP contribution < -0.4 is 0 Å². The average Bonchev–Trinajstić information content (AvgIpc) is 2.63. The summed E-state index contributed by atoms with van der Waals surface area (Å²) in [5, 5.41) is 0. The van der Waals surface area contributed by atoms with Gasteiger partial charge in [-0.1, -0.05) is 0 Å². The Labute approximate surface area is 90.8 Å². The lowest BCUT2D eigenvalue weighted by Gasteiger charge is -2.26. The van der Waals surface area contributed by atoms with Crippen molar-refractivity contribution in [2.75, 3.05) is 12.0 Å². The Morgan fingerprint density at radius 2 is 2.07 bits per heavy atom. The highest BCUT2D eigenvalue weighted by molar-refractivity contribution is 7.98. The van der Waals surface area contributed by atoms with Crippen LogP contribution in [0.15, 0.2) is 0 Å². The third kappa shape index (κ3) is 3.52. The molecule has 1 aliphatic carbocycles. The summed E-state index contributed by atoms with van der Waals surface area (Å²) in [7, 11) is 0. The number of carbonyl (C=O) groups is 1. The molecular weight excluding hydrogens is 196 g/mol. The molecule has 0 aliphatic heterocycles. The molecule has 0 aromatic carbocycles. The van der Waals surface area contributed by atoms with Crippen molar-refractivity contribution >= 4 is 18.2 Å². The molecule has 14 heavy (non-hydrogen) atoms. The highest BCUT2D eigenvalue weighted by Crippen LogP contribution is 2.36. The fourth-order valence-corrected chi connectivity index (χ4v) is 2.73. The summed E-state index contributed by atoms with van der Waals surface area (Å²) in [5.41, 5.74) is -0.0832. The lowest BCUT2D eigenvalue weighted by Crippen LogP contribution is -2.28. The normalized spacial score (nSPS) is 19.5. The Hall–Kier alpha value is -0.180. The van der Waals surface area contributed by atoms with Crippen molar-refractivity contribution in [3.8, 4) is 0 Å². The van der Waals surface area contributed by atoms with Gasteiger partial charge in [0.15, 0.2) is 0 Å². The molecule has 0 amide bonds. The molecule has 0 spiro atoms. The van der Waals surface area contributed by atoms with Crippen molar-refractivity contribution < 1.29 is 9.53 Å². The molecule has 1 rings (SSSR count). The molecule has 0 N–H and O–H groups in total.